The summed E-state index contributed by atoms with van der Waals surface area (Å²) in [6, 6.07) is 7.12. The number of benzene rings is 1. The molecule has 0 radical (unpaired) electrons. The van der Waals surface area contributed by atoms with Crippen LogP contribution in [-0.2, 0) is 11.3 Å². The van der Waals surface area contributed by atoms with Gasteiger partial charge in [-0.2, -0.15) is 0 Å². The Morgan fingerprint density at radius 2 is 2.19 bits per heavy atom. The van der Waals surface area contributed by atoms with Crippen LogP contribution in [0, 0.1) is 0 Å². The molecule has 1 heterocycles. The van der Waals surface area contributed by atoms with Crippen molar-refractivity contribution in [3.8, 4) is 5.75 Å². The molecule has 0 amide bonds. The van der Waals surface area contributed by atoms with Crippen LogP contribution < -0.4 is 10.1 Å². The minimum absolute atomic E-state index is 0.466. The second-order valence-electron chi connectivity index (χ2n) is 6.05. The number of halogens is 1. The van der Waals surface area contributed by atoms with Crippen LogP contribution in [0.2, 0.25) is 0 Å². The van der Waals surface area contributed by atoms with E-state index >= 15 is 0 Å². The lowest BCUT2D eigenvalue weighted by Gasteiger charge is -2.12. The highest BCUT2D eigenvalue weighted by Crippen LogP contribution is 2.27. The predicted octanol–water partition coefficient (Wildman–Crippen LogP) is 4.04. The van der Waals surface area contributed by atoms with Gasteiger partial charge in [-0.25, -0.2) is 0 Å². The lowest BCUT2D eigenvalue weighted by Crippen LogP contribution is -2.15. The van der Waals surface area contributed by atoms with Crippen LogP contribution in [0.15, 0.2) is 22.7 Å². The summed E-state index contributed by atoms with van der Waals surface area (Å²) in [6.45, 7) is 2.65. The molecule has 1 saturated carbocycles. The maximum absolute atomic E-state index is 5.87. The number of rotatable bonds is 8. The molecule has 3 nitrogen and oxygen atoms in total. The molecule has 1 unspecified atom stereocenters. The van der Waals surface area contributed by atoms with Crippen LogP contribution in [0.25, 0.3) is 0 Å². The molecule has 1 N–H and O–H groups in total. The third kappa shape index (κ3) is 4.97. The fourth-order valence-corrected chi connectivity index (χ4v) is 3.23. The number of nitrogens with one attached hydrogen (secondary N) is 1. The molecule has 21 heavy (non-hydrogen) atoms. The Hall–Kier alpha value is -0.580. The molecular formula is C17H24BrNO2. The Balaban J connectivity index is 1.39. The first kappa shape index (κ1) is 15.3. The summed E-state index contributed by atoms with van der Waals surface area (Å²) in [6.07, 6.45) is 7.72. The van der Waals surface area contributed by atoms with Crippen molar-refractivity contribution < 1.29 is 9.47 Å². The molecule has 0 aromatic heterocycles. The van der Waals surface area contributed by atoms with Gasteiger partial charge in [0, 0.05) is 19.2 Å². The average Bonchev–Trinajstić information content (AvgIpc) is 3.17. The van der Waals surface area contributed by atoms with Crippen LogP contribution in [0.5, 0.6) is 5.75 Å². The van der Waals surface area contributed by atoms with Gasteiger partial charge in [-0.15, -0.1) is 0 Å². The van der Waals surface area contributed by atoms with E-state index in [0.717, 1.165) is 48.9 Å². The molecule has 1 aliphatic carbocycles. The van der Waals surface area contributed by atoms with Crippen LogP contribution in [0.3, 0.4) is 0 Å². The van der Waals surface area contributed by atoms with E-state index in [1.807, 2.05) is 0 Å². The molecule has 3 rings (SSSR count). The van der Waals surface area contributed by atoms with Crippen molar-refractivity contribution in [2.45, 2.75) is 57.2 Å². The Morgan fingerprint density at radius 3 is 2.90 bits per heavy atom. The minimum Gasteiger partial charge on any atom is -0.492 e. The molecule has 4 heteroatoms. The van der Waals surface area contributed by atoms with Gasteiger partial charge >= 0.3 is 0 Å². The van der Waals surface area contributed by atoms with Crippen molar-refractivity contribution in [1.82, 2.24) is 5.32 Å². The van der Waals surface area contributed by atoms with Gasteiger partial charge in [0.05, 0.1) is 17.2 Å². The zero-order valence-corrected chi connectivity index (χ0v) is 14.0. The van der Waals surface area contributed by atoms with Gasteiger partial charge in [-0.05, 0) is 72.2 Å². The van der Waals surface area contributed by atoms with Gasteiger partial charge in [0.1, 0.15) is 5.75 Å². The van der Waals surface area contributed by atoms with E-state index in [-0.39, 0.29) is 0 Å². The van der Waals surface area contributed by atoms with Gasteiger partial charge < -0.3 is 14.8 Å². The highest BCUT2D eigenvalue weighted by molar-refractivity contribution is 9.10. The zero-order chi connectivity index (χ0) is 14.5. The standard InChI is InChI=1S/C17H24BrNO2/c18-16-11-13(12-19-14-6-7-14)5-8-17(16)21-10-2-4-15-3-1-9-20-15/h5,8,11,14-15,19H,1-4,6-7,9-10,12H2. The van der Waals surface area contributed by atoms with Gasteiger partial charge in [-0.1, -0.05) is 6.07 Å². The second-order valence-corrected chi connectivity index (χ2v) is 6.90. The molecular weight excluding hydrogens is 330 g/mol. The summed E-state index contributed by atoms with van der Waals surface area (Å²) in [5.41, 5.74) is 1.31. The maximum Gasteiger partial charge on any atom is 0.133 e. The van der Waals surface area contributed by atoms with Crippen LogP contribution in [0.1, 0.15) is 44.1 Å². The molecule has 1 aromatic carbocycles. The highest BCUT2D eigenvalue weighted by atomic mass is 79.9. The first-order valence-electron chi connectivity index (χ1n) is 8.07. The summed E-state index contributed by atoms with van der Waals surface area (Å²) in [5, 5.41) is 3.53. The van der Waals surface area contributed by atoms with E-state index in [1.54, 1.807) is 0 Å². The van der Waals surface area contributed by atoms with E-state index in [0.29, 0.717) is 6.10 Å². The van der Waals surface area contributed by atoms with E-state index in [9.17, 15) is 0 Å². The zero-order valence-electron chi connectivity index (χ0n) is 12.4. The van der Waals surface area contributed by atoms with Gasteiger partial charge in [-0.3, -0.25) is 0 Å². The summed E-state index contributed by atoms with van der Waals surface area (Å²) >= 11 is 3.61. The van der Waals surface area contributed by atoms with Crippen LogP contribution in [-0.4, -0.2) is 25.4 Å². The average molecular weight is 354 g/mol. The fourth-order valence-electron chi connectivity index (χ4n) is 2.69. The van der Waals surface area contributed by atoms with E-state index in [4.69, 9.17) is 9.47 Å². The largest absolute Gasteiger partial charge is 0.492 e. The molecule has 116 valence electrons. The topological polar surface area (TPSA) is 30.5 Å². The quantitative estimate of drug-likeness (QED) is 0.715. The summed E-state index contributed by atoms with van der Waals surface area (Å²) < 4.78 is 12.5. The van der Waals surface area contributed by atoms with Crippen molar-refractivity contribution in [2.75, 3.05) is 13.2 Å². The number of ether oxygens (including phenoxy) is 2. The predicted molar refractivity (Wildman–Crippen MR) is 87.7 cm³/mol. The highest BCUT2D eigenvalue weighted by Gasteiger charge is 2.20. The molecule has 1 saturated heterocycles. The second kappa shape index (κ2) is 7.61. The number of hydrogen-bond donors (Lipinski definition) is 1. The fraction of sp³-hybridized carbons (Fsp3) is 0.647. The smallest absolute Gasteiger partial charge is 0.133 e. The van der Waals surface area contributed by atoms with Gasteiger partial charge in [0.2, 0.25) is 0 Å². The molecule has 0 spiro atoms. The lowest BCUT2D eigenvalue weighted by atomic mass is 10.1. The Morgan fingerprint density at radius 1 is 1.29 bits per heavy atom. The van der Waals surface area contributed by atoms with Crippen molar-refractivity contribution >= 4 is 15.9 Å². The van der Waals surface area contributed by atoms with Crippen molar-refractivity contribution in [3.63, 3.8) is 0 Å². The summed E-state index contributed by atoms with van der Waals surface area (Å²) in [5.74, 6) is 0.942. The molecule has 2 aliphatic rings. The van der Waals surface area contributed by atoms with Gasteiger partial charge in [0.15, 0.2) is 0 Å². The summed E-state index contributed by atoms with van der Waals surface area (Å²) in [7, 11) is 0. The molecule has 1 aliphatic heterocycles. The third-order valence-electron chi connectivity index (χ3n) is 4.12. The minimum atomic E-state index is 0.466. The molecule has 1 atom stereocenters. The van der Waals surface area contributed by atoms with Gasteiger partial charge in [0.25, 0.3) is 0 Å². The normalized spacial score (nSPS) is 21.7. The lowest BCUT2D eigenvalue weighted by molar-refractivity contribution is 0.0981. The Labute approximate surface area is 135 Å². The number of hydrogen-bond acceptors (Lipinski definition) is 3. The van der Waals surface area contributed by atoms with E-state index < -0.39 is 0 Å². The van der Waals surface area contributed by atoms with Crippen molar-refractivity contribution in [2.24, 2.45) is 0 Å². The monoisotopic (exact) mass is 353 g/mol. The van der Waals surface area contributed by atoms with Crippen LogP contribution >= 0.6 is 15.9 Å². The first-order valence-corrected chi connectivity index (χ1v) is 8.87. The first-order chi connectivity index (χ1) is 10.3. The maximum atomic E-state index is 5.87. The van der Waals surface area contributed by atoms with Crippen molar-refractivity contribution in [3.05, 3.63) is 28.2 Å². The molecule has 2 fully saturated rings. The van der Waals surface area contributed by atoms with E-state index in [2.05, 4.69) is 39.4 Å². The summed E-state index contributed by atoms with van der Waals surface area (Å²) in [4.78, 5) is 0. The van der Waals surface area contributed by atoms with Crippen LogP contribution in [0.4, 0.5) is 0 Å². The third-order valence-corrected chi connectivity index (χ3v) is 4.74. The SMILES string of the molecule is Brc1cc(CNC2CC2)ccc1OCCCC1CCCO1. The molecule has 1 aromatic rings. The molecule has 0 bridgehead atoms. The van der Waals surface area contributed by atoms with E-state index in [1.165, 1.54) is 31.2 Å². The van der Waals surface area contributed by atoms with Crippen molar-refractivity contribution in [1.29, 1.82) is 0 Å². The Kier molecular flexibility index (Phi) is 5.55. The Bertz CT molecular complexity index is 456.